The third kappa shape index (κ3) is 3.43. The average Bonchev–Trinajstić information content (AvgIpc) is 2.43. The minimum atomic E-state index is -3.50. The van der Waals surface area contributed by atoms with E-state index in [0.29, 0.717) is 11.4 Å². The van der Waals surface area contributed by atoms with Gasteiger partial charge >= 0.3 is 10.2 Å². The molecule has 0 saturated heterocycles. The SMILES string of the molecule is Cc1cc(NS(=O)(=O)N(C)C2CCCCC2)ccc1N. The van der Waals surface area contributed by atoms with Crippen LogP contribution in [0.5, 0.6) is 0 Å². The van der Waals surface area contributed by atoms with Gasteiger partial charge in [-0.05, 0) is 43.5 Å². The summed E-state index contributed by atoms with van der Waals surface area (Å²) in [5.41, 5.74) is 7.82. The van der Waals surface area contributed by atoms with Crippen LogP contribution in [0.2, 0.25) is 0 Å². The molecule has 0 heterocycles. The summed E-state index contributed by atoms with van der Waals surface area (Å²) in [6, 6.07) is 5.26. The fourth-order valence-electron chi connectivity index (χ4n) is 2.60. The number of nitrogens with one attached hydrogen (secondary N) is 1. The molecule has 112 valence electrons. The van der Waals surface area contributed by atoms with Crippen molar-refractivity contribution in [3.8, 4) is 0 Å². The molecule has 1 aliphatic carbocycles. The average molecular weight is 297 g/mol. The molecule has 1 fully saturated rings. The van der Waals surface area contributed by atoms with Gasteiger partial charge in [0.1, 0.15) is 0 Å². The van der Waals surface area contributed by atoms with E-state index in [2.05, 4.69) is 4.72 Å². The molecule has 2 rings (SSSR count). The maximum atomic E-state index is 12.4. The lowest BCUT2D eigenvalue weighted by molar-refractivity contribution is 0.287. The first-order chi connectivity index (χ1) is 9.40. The second kappa shape index (κ2) is 6.01. The van der Waals surface area contributed by atoms with Crippen molar-refractivity contribution in [2.45, 2.75) is 45.1 Å². The highest BCUT2D eigenvalue weighted by molar-refractivity contribution is 7.90. The molecule has 0 spiro atoms. The molecule has 0 radical (unpaired) electrons. The summed E-state index contributed by atoms with van der Waals surface area (Å²) >= 11 is 0. The minimum Gasteiger partial charge on any atom is -0.399 e. The Bertz CT molecular complexity index is 566. The van der Waals surface area contributed by atoms with Crippen LogP contribution in [0.25, 0.3) is 0 Å². The first-order valence-corrected chi connectivity index (χ1v) is 8.46. The Morgan fingerprint density at radius 1 is 1.25 bits per heavy atom. The lowest BCUT2D eigenvalue weighted by Crippen LogP contribution is -2.41. The largest absolute Gasteiger partial charge is 0.399 e. The van der Waals surface area contributed by atoms with Crippen LogP contribution in [0.4, 0.5) is 11.4 Å². The second-order valence-corrected chi connectivity index (χ2v) is 7.22. The fourth-order valence-corrected chi connectivity index (χ4v) is 3.77. The van der Waals surface area contributed by atoms with E-state index in [4.69, 9.17) is 5.73 Å². The lowest BCUT2D eigenvalue weighted by Gasteiger charge is -2.30. The predicted molar refractivity (Wildman–Crippen MR) is 82.8 cm³/mol. The number of aryl methyl sites for hydroxylation is 1. The van der Waals surface area contributed by atoms with Crippen molar-refractivity contribution in [2.75, 3.05) is 17.5 Å². The highest BCUT2D eigenvalue weighted by atomic mass is 32.2. The van der Waals surface area contributed by atoms with Gasteiger partial charge in [0.05, 0.1) is 5.69 Å². The van der Waals surface area contributed by atoms with E-state index in [-0.39, 0.29) is 6.04 Å². The van der Waals surface area contributed by atoms with E-state index in [1.165, 1.54) is 10.7 Å². The highest BCUT2D eigenvalue weighted by Gasteiger charge is 2.27. The minimum absolute atomic E-state index is 0.108. The van der Waals surface area contributed by atoms with Crippen LogP contribution in [0.3, 0.4) is 0 Å². The summed E-state index contributed by atoms with van der Waals surface area (Å²) in [6.45, 7) is 1.86. The van der Waals surface area contributed by atoms with Crippen molar-refractivity contribution in [3.63, 3.8) is 0 Å². The summed E-state index contributed by atoms with van der Waals surface area (Å²) in [5.74, 6) is 0. The molecular weight excluding hydrogens is 274 g/mol. The van der Waals surface area contributed by atoms with Gasteiger partial charge in [-0.1, -0.05) is 19.3 Å². The maximum absolute atomic E-state index is 12.4. The Morgan fingerprint density at radius 2 is 1.90 bits per heavy atom. The van der Waals surface area contributed by atoms with Crippen molar-refractivity contribution < 1.29 is 8.42 Å². The third-order valence-electron chi connectivity index (χ3n) is 3.98. The van der Waals surface area contributed by atoms with Crippen molar-refractivity contribution >= 4 is 21.6 Å². The molecule has 0 aliphatic heterocycles. The van der Waals surface area contributed by atoms with Crippen LogP contribution >= 0.6 is 0 Å². The molecular formula is C14H23N3O2S. The quantitative estimate of drug-likeness (QED) is 0.838. The van der Waals surface area contributed by atoms with E-state index in [1.807, 2.05) is 6.92 Å². The number of nitrogen functional groups attached to an aromatic ring is 1. The summed E-state index contributed by atoms with van der Waals surface area (Å²) in [7, 11) is -1.84. The molecule has 1 aliphatic rings. The number of benzene rings is 1. The molecule has 0 bridgehead atoms. The molecule has 5 nitrogen and oxygen atoms in total. The Morgan fingerprint density at radius 3 is 2.50 bits per heavy atom. The van der Waals surface area contributed by atoms with Gasteiger partial charge in [0, 0.05) is 18.8 Å². The summed E-state index contributed by atoms with van der Waals surface area (Å²) < 4.78 is 28.9. The zero-order chi connectivity index (χ0) is 14.8. The number of nitrogens with two attached hydrogens (primary N) is 1. The van der Waals surface area contributed by atoms with Gasteiger partial charge < -0.3 is 5.73 Å². The van der Waals surface area contributed by atoms with Crippen molar-refractivity contribution in [2.24, 2.45) is 0 Å². The maximum Gasteiger partial charge on any atom is 0.301 e. The molecule has 0 amide bonds. The zero-order valence-corrected chi connectivity index (χ0v) is 12.9. The number of nitrogens with zero attached hydrogens (tertiary/aromatic N) is 1. The van der Waals surface area contributed by atoms with E-state index in [0.717, 1.165) is 31.2 Å². The molecule has 0 unspecified atom stereocenters. The molecule has 20 heavy (non-hydrogen) atoms. The van der Waals surface area contributed by atoms with Crippen LogP contribution in [-0.2, 0) is 10.2 Å². The lowest BCUT2D eigenvalue weighted by atomic mass is 9.96. The molecule has 0 atom stereocenters. The van der Waals surface area contributed by atoms with Crippen LogP contribution in [0, 0.1) is 6.92 Å². The van der Waals surface area contributed by atoms with E-state index in [9.17, 15) is 8.42 Å². The number of hydrogen-bond acceptors (Lipinski definition) is 3. The van der Waals surface area contributed by atoms with E-state index in [1.54, 1.807) is 25.2 Å². The van der Waals surface area contributed by atoms with Crippen LogP contribution in [0.1, 0.15) is 37.7 Å². The number of rotatable bonds is 4. The van der Waals surface area contributed by atoms with Crippen molar-refractivity contribution in [1.82, 2.24) is 4.31 Å². The third-order valence-corrected chi connectivity index (χ3v) is 5.53. The van der Waals surface area contributed by atoms with Gasteiger partial charge in [-0.3, -0.25) is 4.72 Å². The zero-order valence-electron chi connectivity index (χ0n) is 12.1. The molecule has 6 heteroatoms. The Balaban J connectivity index is 2.11. The summed E-state index contributed by atoms with van der Waals surface area (Å²) in [6.07, 6.45) is 5.29. The van der Waals surface area contributed by atoms with Crippen LogP contribution < -0.4 is 10.5 Å². The summed E-state index contributed by atoms with van der Waals surface area (Å²) in [5, 5.41) is 0. The van der Waals surface area contributed by atoms with Gasteiger partial charge in [-0.25, -0.2) is 0 Å². The number of anilines is 2. The van der Waals surface area contributed by atoms with Crippen molar-refractivity contribution in [1.29, 1.82) is 0 Å². The number of hydrogen-bond donors (Lipinski definition) is 2. The van der Waals surface area contributed by atoms with Gasteiger partial charge in [-0.2, -0.15) is 12.7 Å². The topological polar surface area (TPSA) is 75.4 Å². The molecule has 1 aromatic rings. The van der Waals surface area contributed by atoms with Crippen LogP contribution in [0.15, 0.2) is 18.2 Å². The van der Waals surface area contributed by atoms with Gasteiger partial charge in [0.25, 0.3) is 0 Å². The molecule has 0 aromatic heterocycles. The first kappa shape index (κ1) is 15.1. The van der Waals surface area contributed by atoms with Gasteiger partial charge in [0.2, 0.25) is 0 Å². The fraction of sp³-hybridized carbons (Fsp3) is 0.571. The Kier molecular flexibility index (Phi) is 4.55. The Hall–Kier alpha value is -1.27. The normalized spacial score (nSPS) is 17.4. The van der Waals surface area contributed by atoms with Gasteiger partial charge in [-0.15, -0.1) is 0 Å². The first-order valence-electron chi connectivity index (χ1n) is 7.02. The second-order valence-electron chi connectivity index (χ2n) is 5.49. The van der Waals surface area contributed by atoms with E-state index < -0.39 is 10.2 Å². The highest BCUT2D eigenvalue weighted by Crippen LogP contribution is 2.25. The molecule has 1 saturated carbocycles. The predicted octanol–water partition coefficient (Wildman–Crippen LogP) is 2.50. The summed E-state index contributed by atoms with van der Waals surface area (Å²) in [4.78, 5) is 0. The van der Waals surface area contributed by atoms with Crippen molar-refractivity contribution in [3.05, 3.63) is 23.8 Å². The smallest absolute Gasteiger partial charge is 0.301 e. The van der Waals surface area contributed by atoms with Crippen LogP contribution in [-0.4, -0.2) is 25.8 Å². The van der Waals surface area contributed by atoms with E-state index >= 15 is 0 Å². The molecule has 1 aromatic carbocycles. The standard InChI is InChI=1S/C14H23N3O2S/c1-11-10-12(8-9-14(11)15)16-20(18,19)17(2)13-6-4-3-5-7-13/h8-10,13,16H,3-7,15H2,1-2H3. The monoisotopic (exact) mass is 297 g/mol. The molecule has 3 N–H and O–H groups in total. The van der Waals surface area contributed by atoms with Gasteiger partial charge in [0.15, 0.2) is 0 Å². The Labute approximate surface area is 121 Å².